The van der Waals surface area contributed by atoms with E-state index in [0.29, 0.717) is 21.4 Å². The molecule has 0 bridgehead atoms. The van der Waals surface area contributed by atoms with Crippen molar-refractivity contribution in [1.82, 2.24) is 4.57 Å². The summed E-state index contributed by atoms with van der Waals surface area (Å²) in [7, 11) is 0. The lowest BCUT2D eigenvalue weighted by molar-refractivity contribution is -0.140. The highest BCUT2D eigenvalue weighted by molar-refractivity contribution is 7.07. The van der Waals surface area contributed by atoms with Gasteiger partial charge in [-0.3, -0.25) is 9.36 Å². The molecule has 0 unspecified atom stereocenters. The Morgan fingerprint density at radius 2 is 1.67 bits per heavy atom. The SMILES string of the molecule is CCOC(=O)C1=C(C(F)(F)F)N=c2s/c(=C/c3ccccc3OCc3ccc(Cl)cc3)c(=O)n2[C@H]1c1ccc(Cl)cc1. The van der Waals surface area contributed by atoms with Gasteiger partial charge >= 0.3 is 12.1 Å². The maximum Gasteiger partial charge on any atom is 0.434 e. The maximum atomic E-state index is 14.3. The summed E-state index contributed by atoms with van der Waals surface area (Å²) in [5.74, 6) is -0.764. The number of benzene rings is 3. The summed E-state index contributed by atoms with van der Waals surface area (Å²) in [6.07, 6.45) is -3.47. The van der Waals surface area contributed by atoms with Crippen molar-refractivity contribution in [2.45, 2.75) is 25.7 Å². The Morgan fingerprint density at radius 1 is 1.02 bits per heavy atom. The average Bonchev–Trinajstić information content (AvgIpc) is 3.27. The fraction of sp³-hybridized carbons (Fsp3) is 0.167. The lowest BCUT2D eigenvalue weighted by Gasteiger charge is -2.26. The van der Waals surface area contributed by atoms with Crippen LogP contribution in [0.5, 0.6) is 5.75 Å². The van der Waals surface area contributed by atoms with Crippen LogP contribution in [-0.2, 0) is 16.1 Å². The molecule has 0 fully saturated rings. The second-order valence-corrected chi connectivity index (χ2v) is 10.9. The molecule has 1 aromatic heterocycles. The first-order chi connectivity index (χ1) is 20.1. The van der Waals surface area contributed by atoms with E-state index in [2.05, 4.69) is 4.99 Å². The van der Waals surface area contributed by atoms with E-state index < -0.39 is 35.0 Å². The smallest absolute Gasteiger partial charge is 0.434 e. The van der Waals surface area contributed by atoms with Gasteiger partial charge in [0, 0.05) is 15.6 Å². The van der Waals surface area contributed by atoms with Crippen LogP contribution in [-0.4, -0.2) is 23.3 Å². The molecule has 0 saturated carbocycles. The van der Waals surface area contributed by atoms with Gasteiger partial charge in [0.1, 0.15) is 12.4 Å². The standard InChI is InChI=1S/C30H21Cl2F3N2O4S/c1-2-40-28(39)24-25(18-9-13-21(32)14-10-18)37-27(38)23(42-29(37)36-26(24)30(33,34)35)15-19-5-3-4-6-22(19)41-16-17-7-11-20(31)12-8-17/h3-15,25H,2,16H2,1H3/b23-15+/t25-/m0/s1. The van der Waals surface area contributed by atoms with Crippen molar-refractivity contribution in [1.29, 1.82) is 0 Å². The van der Waals surface area contributed by atoms with E-state index in [0.717, 1.165) is 21.5 Å². The van der Waals surface area contributed by atoms with Gasteiger partial charge in [-0.25, -0.2) is 9.79 Å². The zero-order valence-electron chi connectivity index (χ0n) is 21.8. The van der Waals surface area contributed by atoms with Crippen LogP contribution in [0.15, 0.2) is 93.9 Å². The van der Waals surface area contributed by atoms with Crippen LogP contribution < -0.4 is 19.6 Å². The molecule has 1 atom stereocenters. The molecule has 0 aliphatic carbocycles. The second-order valence-electron chi connectivity index (χ2n) is 9.07. The van der Waals surface area contributed by atoms with Crippen LogP contribution in [0, 0.1) is 0 Å². The van der Waals surface area contributed by atoms with Crippen LogP contribution in [0.25, 0.3) is 6.08 Å². The Labute approximate surface area is 251 Å². The van der Waals surface area contributed by atoms with E-state index in [1.165, 1.54) is 37.3 Å². The van der Waals surface area contributed by atoms with E-state index in [9.17, 15) is 22.8 Å². The molecule has 0 spiro atoms. The third-order valence-electron chi connectivity index (χ3n) is 6.29. The molecule has 3 aromatic carbocycles. The number of allylic oxidation sites excluding steroid dienone is 1. The van der Waals surface area contributed by atoms with E-state index >= 15 is 0 Å². The van der Waals surface area contributed by atoms with Crippen molar-refractivity contribution in [3.63, 3.8) is 0 Å². The molecular formula is C30H21Cl2F3N2O4S. The van der Waals surface area contributed by atoms with Crippen LogP contribution in [0.4, 0.5) is 13.2 Å². The third-order valence-corrected chi connectivity index (χ3v) is 7.78. The lowest BCUT2D eigenvalue weighted by atomic mass is 9.95. The summed E-state index contributed by atoms with van der Waals surface area (Å²) in [5, 5.41) is 0.922. The van der Waals surface area contributed by atoms with E-state index in [4.69, 9.17) is 32.7 Å². The number of nitrogens with zero attached hydrogens (tertiary/aromatic N) is 2. The summed E-state index contributed by atoms with van der Waals surface area (Å²) < 4.78 is 55.1. The number of hydrogen-bond acceptors (Lipinski definition) is 6. The van der Waals surface area contributed by atoms with E-state index in [-0.39, 0.29) is 28.1 Å². The van der Waals surface area contributed by atoms with Crippen molar-refractivity contribution in [2.24, 2.45) is 4.99 Å². The summed E-state index contributed by atoms with van der Waals surface area (Å²) in [4.78, 5) is 30.3. The molecule has 0 radical (unpaired) electrons. The lowest BCUT2D eigenvalue weighted by Crippen LogP contribution is -2.41. The number of ether oxygens (including phenoxy) is 2. The van der Waals surface area contributed by atoms with E-state index in [1.807, 2.05) is 12.1 Å². The van der Waals surface area contributed by atoms with Crippen molar-refractivity contribution in [3.05, 3.63) is 130 Å². The molecule has 0 saturated heterocycles. The summed E-state index contributed by atoms with van der Waals surface area (Å²) in [6.45, 7) is 1.53. The summed E-state index contributed by atoms with van der Waals surface area (Å²) in [6, 6.07) is 18.5. The van der Waals surface area contributed by atoms with Crippen LogP contribution >= 0.6 is 34.5 Å². The first-order valence-electron chi connectivity index (χ1n) is 12.6. The molecule has 1 aliphatic rings. The van der Waals surface area contributed by atoms with Crippen LogP contribution in [0.2, 0.25) is 10.0 Å². The molecule has 12 heteroatoms. The van der Waals surface area contributed by atoms with E-state index in [1.54, 1.807) is 36.4 Å². The monoisotopic (exact) mass is 632 g/mol. The number of carbonyl (C=O) groups is 1. The molecule has 4 aromatic rings. The molecule has 0 N–H and O–H groups in total. The fourth-order valence-electron chi connectivity index (χ4n) is 4.42. The van der Waals surface area contributed by atoms with Crippen LogP contribution in [0.1, 0.15) is 29.7 Å². The van der Waals surface area contributed by atoms with Crippen molar-refractivity contribution < 1.29 is 27.4 Å². The number of alkyl halides is 3. The minimum Gasteiger partial charge on any atom is -0.488 e. The molecule has 0 amide bonds. The van der Waals surface area contributed by atoms with Gasteiger partial charge in [0.25, 0.3) is 5.56 Å². The molecule has 5 rings (SSSR count). The number of esters is 1. The summed E-state index contributed by atoms with van der Waals surface area (Å²) in [5.41, 5.74) is -1.20. The highest BCUT2D eigenvalue weighted by Crippen LogP contribution is 2.38. The van der Waals surface area contributed by atoms with Gasteiger partial charge in [0.05, 0.1) is 22.8 Å². The Morgan fingerprint density at radius 3 is 2.31 bits per heavy atom. The number of halogens is 5. The largest absolute Gasteiger partial charge is 0.488 e. The fourth-order valence-corrected chi connectivity index (χ4v) is 5.66. The predicted molar refractivity (Wildman–Crippen MR) is 154 cm³/mol. The van der Waals surface area contributed by atoms with Crippen LogP contribution in [0.3, 0.4) is 0 Å². The Kier molecular flexibility index (Phi) is 8.58. The highest BCUT2D eigenvalue weighted by Gasteiger charge is 2.45. The first kappa shape index (κ1) is 29.6. The van der Waals surface area contributed by atoms with Gasteiger partial charge in [-0.15, -0.1) is 0 Å². The molecule has 6 nitrogen and oxygen atoms in total. The number of hydrogen-bond donors (Lipinski definition) is 0. The molecule has 216 valence electrons. The van der Waals surface area contributed by atoms with Gasteiger partial charge < -0.3 is 9.47 Å². The van der Waals surface area contributed by atoms with Gasteiger partial charge in [-0.2, -0.15) is 13.2 Å². The number of para-hydroxylation sites is 1. The highest BCUT2D eigenvalue weighted by atomic mass is 35.5. The second kappa shape index (κ2) is 12.2. The average molecular weight is 633 g/mol. The quantitative estimate of drug-likeness (QED) is 0.227. The van der Waals surface area contributed by atoms with Gasteiger partial charge in [-0.1, -0.05) is 77.0 Å². The number of thiazole rings is 1. The van der Waals surface area contributed by atoms with Crippen molar-refractivity contribution in [3.8, 4) is 5.75 Å². The number of carbonyl (C=O) groups excluding carboxylic acids is 1. The zero-order chi connectivity index (χ0) is 30.0. The number of rotatable bonds is 7. The predicted octanol–water partition coefficient (Wildman–Crippen LogP) is 6.23. The number of aromatic nitrogens is 1. The maximum absolute atomic E-state index is 14.3. The molecule has 1 aliphatic heterocycles. The molecular weight excluding hydrogens is 612 g/mol. The normalized spacial score (nSPS) is 15.3. The molecule has 2 heterocycles. The minimum absolute atomic E-state index is 0.0990. The van der Waals surface area contributed by atoms with Crippen molar-refractivity contribution in [2.75, 3.05) is 6.61 Å². The topological polar surface area (TPSA) is 69.9 Å². The number of fused-ring (bicyclic) bond motifs is 1. The van der Waals surface area contributed by atoms with Gasteiger partial charge in [0.15, 0.2) is 10.5 Å². The first-order valence-corrected chi connectivity index (χ1v) is 14.2. The molecule has 42 heavy (non-hydrogen) atoms. The van der Waals surface area contributed by atoms with Gasteiger partial charge in [0.2, 0.25) is 0 Å². The third kappa shape index (κ3) is 6.16. The Hall–Kier alpha value is -3.86. The minimum atomic E-state index is -5.00. The Balaban J connectivity index is 1.66. The van der Waals surface area contributed by atoms with Gasteiger partial charge in [-0.05, 0) is 54.5 Å². The zero-order valence-corrected chi connectivity index (χ0v) is 24.2. The summed E-state index contributed by atoms with van der Waals surface area (Å²) >= 11 is 12.8. The Bertz CT molecular complexity index is 1850. The van der Waals surface area contributed by atoms with Crippen molar-refractivity contribution >= 4 is 46.6 Å².